The Morgan fingerprint density at radius 2 is 1.61 bits per heavy atom. The number of amides is 1. The first-order chi connectivity index (χ1) is 12.6. The fraction of sp³-hybridized carbons (Fsp3) is 0.706. The van der Waals surface area contributed by atoms with E-state index in [1.165, 1.54) is 0 Å². The summed E-state index contributed by atoms with van der Waals surface area (Å²) in [6.07, 6.45) is 5.90. The van der Waals surface area contributed by atoms with Gasteiger partial charge in [-0.15, -0.1) is 6.58 Å². The number of nitrogens with one attached hydrogen (secondary N) is 1. The molecule has 11 heteroatoms. The zero-order chi connectivity index (χ0) is 20.9. The van der Waals surface area contributed by atoms with Crippen molar-refractivity contribution in [2.45, 2.75) is 76.2 Å². The van der Waals surface area contributed by atoms with Crippen LogP contribution in [0.1, 0.15) is 64.7 Å². The molecule has 0 spiro atoms. The summed E-state index contributed by atoms with van der Waals surface area (Å²) < 4.78 is 36.0. The summed E-state index contributed by atoms with van der Waals surface area (Å²) in [5.74, 6) is -3.34. The summed E-state index contributed by atoms with van der Waals surface area (Å²) >= 11 is 0. The summed E-state index contributed by atoms with van der Waals surface area (Å²) in [6.45, 7) is 4.80. The van der Waals surface area contributed by atoms with E-state index in [0.717, 1.165) is 45.4 Å². The van der Waals surface area contributed by atoms with Gasteiger partial charge >= 0.3 is 41.5 Å². The van der Waals surface area contributed by atoms with E-state index >= 15 is 0 Å². The Morgan fingerprint density at radius 1 is 1.07 bits per heavy atom. The molecule has 2 unspecified atom stereocenters. The van der Waals surface area contributed by atoms with Crippen molar-refractivity contribution in [3.8, 4) is 0 Å². The Balaban J connectivity index is 0. The average Bonchev–Trinajstić information content (AvgIpc) is 2.53. The van der Waals surface area contributed by atoms with Gasteiger partial charge in [-0.2, -0.15) is 8.42 Å². The van der Waals surface area contributed by atoms with Crippen LogP contribution in [-0.2, 0) is 29.2 Å². The maximum atomic E-state index is 11.7. The Bertz CT molecular complexity index is 606. The summed E-state index contributed by atoms with van der Waals surface area (Å²) in [6, 6.07) is 0. The van der Waals surface area contributed by atoms with Crippen LogP contribution in [0.15, 0.2) is 12.7 Å². The van der Waals surface area contributed by atoms with Crippen molar-refractivity contribution in [1.82, 2.24) is 5.32 Å². The molecule has 0 rings (SSSR count). The molecule has 0 aromatic carbocycles. The molecule has 0 fully saturated rings. The normalized spacial score (nSPS) is 13.0. The minimum absolute atomic E-state index is 0. The molecule has 0 aromatic rings. The summed E-state index contributed by atoms with van der Waals surface area (Å²) in [7, 11) is -4.92. The van der Waals surface area contributed by atoms with E-state index in [-0.39, 0.29) is 36.0 Å². The molecule has 0 saturated heterocycles. The van der Waals surface area contributed by atoms with Gasteiger partial charge in [0.05, 0.1) is 6.42 Å². The molecule has 28 heavy (non-hydrogen) atoms. The third-order valence-corrected chi connectivity index (χ3v) is 4.72. The van der Waals surface area contributed by atoms with Gasteiger partial charge in [-0.05, 0) is 26.2 Å². The second-order valence-corrected chi connectivity index (χ2v) is 7.79. The number of hydrogen-bond acceptors (Lipinski definition) is 7. The van der Waals surface area contributed by atoms with Gasteiger partial charge in [0.2, 0.25) is 5.91 Å². The fourth-order valence-electron chi connectivity index (χ4n) is 2.27. The van der Waals surface area contributed by atoms with E-state index in [4.69, 9.17) is 9.66 Å². The summed E-state index contributed by atoms with van der Waals surface area (Å²) in [5, 5.41) is 8.73. The van der Waals surface area contributed by atoms with Crippen LogP contribution >= 0.6 is 0 Å². The van der Waals surface area contributed by atoms with Crippen LogP contribution in [0.25, 0.3) is 0 Å². The molecule has 0 heterocycles. The van der Waals surface area contributed by atoms with Crippen molar-refractivity contribution in [2.75, 3.05) is 0 Å². The van der Waals surface area contributed by atoms with Gasteiger partial charge in [0, 0.05) is 6.42 Å². The predicted molar refractivity (Wildman–Crippen MR) is 105 cm³/mol. The zero-order valence-corrected chi connectivity index (χ0v) is 16.4. The van der Waals surface area contributed by atoms with E-state index < -0.39 is 45.9 Å². The SMILES string of the molecule is C=CCCCCCCCCC(=O)OC(=O)CC(C(=O)NC(C)O)S(=O)(=O)O.[NaH]. The van der Waals surface area contributed by atoms with Crippen LogP contribution in [0.4, 0.5) is 0 Å². The number of unbranched alkanes of at least 4 members (excludes halogenated alkanes) is 6. The van der Waals surface area contributed by atoms with Crippen LogP contribution in [0, 0.1) is 0 Å². The van der Waals surface area contributed by atoms with Crippen LogP contribution in [0.3, 0.4) is 0 Å². The van der Waals surface area contributed by atoms with Gasteiger partial charge in [0.1, 0.15) is 6.23 Å². The molecule has 1 amide bonds. The predicted octanol–water partition coefficient (Wildman–Crippen LogP) is 0.816. The summed E-state index contributed by atoms with van der Waals surface area (Å²) in [5.41, 5.74) is 0. The second-order valence-electron chi connectivity index (χ2n) is 6.19. The fourth-order valence-corrected chi connectivity index (χ4v) is 2.95. The van der Waals surface area contributed by atoms with Crippen LogP contribution in [-0.4, -0.2) is 77.0 Å². The van der Waals surface area contributed by atoms with Gasteiger partial charge < -0.3 is 15.2 Å². The molecule has 9 nitrogen and oxygen atoms in total. The van der Waals surface area contributed by atoms with Crippen LogP contribution in [0.5, 0.6) is 0 Å². The molecule has 3 N–H and O–H groups in total. The van der Waals surface area contributed by atoms with Crippen molar-refractivity contribution in [3.63, 3.8) is 0 Å². The molecular formula is C17H30NNaO8S. The molecule has 2 atom stereocenters. The van der Waals surface area contributed by atoms with Crippen LogP contribution in [0.2, 0.25) is 0 Å². The third-order valence-electron chi connectivity index (χ3n) is 3.62. The molecule has 0 aliphatic heterocycles. The number of rotatable bonds is 14. The number of aliphatic hydroxyl groups is 1. The molecule has 0 aliphatic rings. The van der Waals surface area contributed by atoms with Crippen molar-refractivity contribution in [1.29, 1.82) is 0 Å². The molecular weight excluding hydrogens is 401 g/mol. The molecule has 158 valence electrons. The number of esters is 2. The van der Waals surface area contributed by atoms with E-state index in [1.54, 1.807) is 0 Å². The minimum atomic E-state index is -4.92. The van der Waals surface area contributed by atoms with Gasteiger partial charge in [-0.3, -0.25) is 18.9 Å². The third kappa shape index (κ3) is 15.2. The number of carbonyl (C=O) groups is 3. The monoisotopic (exact) mass is 431 g/mol. The van der Waals surface area contributed by atoms with Crippen molar-refractivity contribution in [3.05, 3.63) is 12.7 Å². The quantitative estimate of drug-likeness (QED) is 0.0696. The molecule has 0 radical (unpaired) electrons. The maximum absolute atomic E-state index is 11.7. The van der Waals surface area contributed by atoms with Crippen molar-refractivity contribution in [2.24, 2.45) is 0 Å². The first-order valence-electron chi connectivity index (χ1n) is 8.87. The first-order valence-corrected chi connectivity index (χ1v) is 10.4. The van der Waals surface area contributed by atoms with E-state index in [0.29, 0.717) is 6.42 Å². The number of ether oxygens (including phenoxy) is 1. The second kappa shape index (κ2) is 16.1. The Morgan fingerprint density at radius 3 is 2.11 bits per heavy atom. The van der Waals surface area contributed by atoms with E-state index in [2.05, 4.69) is 11.3 Å². The molecule has 0 aromatic heterocycles. The van der Waals surface area contributed by atoms with Gasteiger partial charge in [0.25, 0.3) is 10.1 Å². The standard InChI is InChI=1S/C17H29NO8S.Na.H/c1-3-4-5-6-7-8-9-10-11-15(20)26-16(21)12-14(27(23,24)25)17(22)18-13(2)19;;/h3,13-14,19H,1,4-12H2,2H3,(H,18,22)(H,23,24,25);;. The number of aliphatic hydroxyl groups excluding tert-OH is 1. The van der Waals surface area contributed by atoms with Gasteiger partial charge in [-0.25, -0.2) is 0 Å². The van der Waals surface area contributed by atoms with E-state index in [1.807, 2.05) is 11.4 Å². The number of hydrogen-bond donors (Lipinski definition) is 3. The Kier molecular flexibility index (Phi) is 16.9. The molecule has 0 saturated carbocycles. The topological polar surface area (TPSA) is 147 Å². The first kappa shape index (κ1) is 29.4. The number of carbonyl (C=O) groups excluding carboxylic acids is 3. The molecule has 0 aliphatic carbocycles. The van der Waals surface area contributed by atoms with E-state index in [9.17, 15) is 22.8 Å². The average molecular weight is 431 g/mol. The zero-order valence-electron chi connectivity index (χ0n) is 15.6. The Hall–Kier alpha value is -0.780. The van der Waals surface area contributed by atoms with Gasteiger partial charge in [-0.1, -0.05) is 31.8 Å². The molecule has 0 bridgehead atoms. The van der Waals surface area contributed by atoms with Crippen molar-refractivity contribution < 1.29 is 37.2 Å². The number of allylic oxidation sites excluding steroid dienone is 1. The van der Waals surface area contributed by atoms with Crippen molar-refractivity contribution >= 4 is 57.5 Å². The van der Waals surface area contributed by atoms with Crippen LogP contribution < -0.4 is 5.32 Å². The Labute approximate surface area is 188 Å². The van der Waals surface area contributed by atoms with Gasteiger partial charge in [0.15, 0.2) is 5.25 Å². The summed E-state index contributed by atoms with van der Waals surface area (Å²) in [4.78, 5) is 34.9.